The number of carbonyl (C=O) groups is 3. The van der Waals surface area contributed by atoms with E-state index in [1.807, 2.05) is 74.5 Å². The molecular formula is C39H70N6O11. The number of hydrogen-bond donors (Lipinski definition) is 3. The molecule has 0 aromatic heterocycles. The lowest BCUT2D eigenvalue weighted by Crippen LogP contribution is -2.49. The molecular weight excluding hydrogens is 728 g/mol. The van der Waals surface area contributed by atoms with Crippen LogP contribution >= 0.6 is 0 Å². The van der Waals surface area contributed by atoms with Gasteiger partial charge in [-0.3, -0.25) is 9.80 Å². The van der Waals surface area contributed by atoms with Gasteiger partial charge in [-0.2, -0.15) is 0 Å². The average Bonchev–Trinajstić information content (AvgIpc) is 3.66. The maximum Gasteiger partial charge on any atom is 0.410 e. The summed E-state index contributed by atoms with van der Waals surface area (Å²) in [5.41, 5.74) is -1.29. The molecule has 6 atom stereocenters. The molecule has 6 fully saturated rings. The number of carbonyl (C=O) groups excluding carboxylic acids is 3. The van der Waals surface area contributed by atoms with Crippen LogP contribution < -0.4 is 5.32 Å². The fraction of sp³-hybridized carbons (Fsp3) is 0.872. The lowest BCUT2D eigenvalue weighted by molar-refractivity contribution is -0.00641. The minimum absolute atomic E-state index is 0.00332. The van der Waals surface area contributed by atoms with E-state index in [1.54, 1.807) is 14.7 Å². The van der Waals surface area contributed by atoms with Crippen molar-refractivity contribution in [2.75, 3.05) is 105 Å². The van der Waals surface area contributed by atoms with Gasteiger partial charge in [-0.1, -0.05) is 12.2 Å². The van der Waals surface area contributed by atoms with Gasteiger partial charge < -0.3 is 58.7 Å². The van der Waals surface area contributed by atoms with Gasteiger partial charge in [0, 0.05) is 64.9 Å². The number of nitrogens with zero attached hydrogens (tertiary/aromatic N) is 5. The lowest BCUT2D eigenvalue weighted by atomic mass is 10.2. The highest BCUT2D eigenvalue weighted by Crippen LogP contribution is 2.31. The molecule has 6 unspecified atom stereocenters. The van der Waals surface area contributed by atoms with Crippen molar-refractivity contribution in [1.29, 1.82) is 0 Å². The normalized spacial score (nSPS) is 29.2. The number of hydrogen-bond acceptors (Lipinski definition) is 14. The van der Waals surface area contributed by atoms with E-state index < -0.39 is 17.3 Å². The van der Waals surface area contributed by atoms with Crippen molar-refractivity contribution in [1.82, 2.24) is 29.8 Å². The minimum atomic E-state index is -0.509. The van der Waals surface area contributed by atoms with Crippen molar-refractivity contribution in [3.8, 4) is 0 Å². The highest BCUT2D eigenvalue weighted by atomic mass is 16.6. The van der Waals surface area contributed by atoms with E-state index in [0.717, 1.165) is 52.5 Å². The Morgan fingerprint density at radius 1 is 0.571 bits per heavy atom. The summed E-state index contributed by atoms with van der Waals surface area (Å²) in [7, 11) is 0. The highest BCUT2D eigenvalue weighted by Gasteiger charge is 2.49. The maximum atomic E-state index is 12.0. The number of morpholine rings is 3. The molecule has 0 aromatic rings. The first-order chi connectivity index (χ1) is 26.2. The first kappa shape index (κ1) is 45.9. The molecule has 0 spiro atoms. The predicted octanol–water partition coefficient (Wildman–Crippen LogP) is 1.75. The predicted molar refractivity (Wildman–Crippen MR) is 208 cm³/mol. The number of epoxide rings is 1. The molecule has 17 heteroatoms. The van der Waals surface area contributed by atoms with E-state index in [9.17, 15) is 24.6 Å². The number of likely N-dealkylation sites (tertiary alicyclic amines) is 2. The second kappa shape index (κ2) is 20.3. The van der Waals surface area contributed by atoms with Gasteiger partial charge in [0.25, 0.3) is 0 Å². The van der Waals surface area contributed by atoms with Crippen LogP contribution in [0.2, 0.25) is 0 Å². The standard InChI is InChI=1S/C13H24N2O4.C9H15NO3.C9H15NO2.C8H16N2O2/c1-13(2,3)19-12(17)15-8-10(11(16)9-15)14-4-6-18-7-5-14;1-9(2,3)13-8(11)10-4-6-7(5-10)12-6;1-9(2,3)12-8(11)10-6-4-5-7-10;11-8-6-9-5-7(8)10-1-3-12-4-2-10/h10-11,16H,4-9H2,1-3H3;6-7H,4-5H2,1-3H3;4-5H,6-7H2,1-3H3;7-9,11H,1-6H2. The monoisotopic (exact) mass is 799 g/mol. The third-order valence-electron chi connectivity index (χ3n) is 9.70. The molecule has 0 aliphatic carbocycles. The van der Waals surface area contributed by atoms with Crippen LogP contribution in [0.4, 0.5) is 14.4 Å². The zero-order valence-corrected chi connectivity index (χ0v) is 35.2. The Balaban J connectivity index is 0.000000169. The number of rotatable bonds is 2. The SMILES string of the molecule is CC(C)(C)OC(=O)N1CC(O)C(N2CCOCC2)C1.CC(C)(C)OC(=O)N1CC2OC2C1.CC(C)(C)OC(=O)N1CC=CC1.OC1CNCC1N1CCOCC1. The molecule has 0 aromatic carbocycles. The summed E-state index contributed by atoms with van der Waals surface area (Å²) in [5.74, 6) is 0. The van der Waals surface area contributed by atoms with Crippen LogP contribution in [0.3, 0.4) is 0 Å². The van der Waals surface area contributed by atoms with E-state index in [-0.39, 0.29) is 48.2 Å². The summed E-state index contributed by atoms with van der Waals surface area (Å²) in [6.45, 7) is 28.6. The average molecular weight is 799 g/mol. The Bertz CT molecular complexity index is 1270. The Morgan fingerprint density at radius 2 is 0.982 bits per heavy atom. The molecule has 3 N–H and O–H groups in total. The minimum Gasteiger partial charge on any atom is -0.444 e. The van der Waals surface area contributed by atoms with Crippen molar-refractivity contribution in [3.05, 3.63) is 12.2 Å². The topological polar surface area (TPSA) is 179 Å². The van der Waals surface area contributed by atoms with Crippen LogP contribution in [0.5, 0.6) is 0 Å². The van der Waals surface area contributed by atoms with Crippen LogP contribution in [-0.2, 0) is 28.4 Å². The quantitative estimate of drug-likeness (QED) is 0.209. The summed E-state index contributed by atoms with van der Waals surface area (Å²) in [6, 6.07) is 0.310. The molecule has 7 rings (SSSR count). The molecule has 0 radical (unpaired) electrons. The summed E-state index contributed by atoms with van der Waals surface area (Å²) >= 11 is 0. The van der Waals surface area contributed by atoms with Crippen molar-refractivity contribution in [2.45, 2.75) is 116 Å². The molecule has 7 aliphatic heterocycles. The van der Waals surface area contributed by atoms with Gasteiger partial charge >= 0.3 is 18.3 Å². The van der Waals surface area contributed by atoms with Gasteiger partial charge in [0.15, 0.2) is 0 Å². The van der Waals surface area contributed by atoms with Gasteiger partial charge in [0.2, 0.25) is 0 Å². The lowest BCUT2D eigenvalue weighted by Gasteiger charge is -2.33. The Hall–Kier alpha value is -2.77. The molecule has 7 heterocycles. The molecule has 17 nitrogen and oxygen atoms in total. The highest BCUT2D eigenvalue weighted by molar-refractivity contribution is 5.70. The number of nitrogens with one attached hydrogen (secondary N) is 1. The van der Waals surface area contributed by atoms with Gasteiger partial charge in [0.05, 0.1) is 64.3 Å². The zero-order chi connectivity index (χ0) is 41.3. The van der Waals surface area contributed by atoms with E-state index in [0.29, 0.717) is 58.5 Å². The van der Waals surface area contributed by atoms with Crippen LogP contribution in [-0.4, -0.2) is 211 Å². The number of fused-ring (bicyclic) bond motifs is 1. The first-order valence-electron chi connectivity index (χ1n) is 20.1. The van der Waals surface area contributed by atoms with Gasteiger partial charge in [-0.15, -0.1) is 0 Å². The number of ether oxygens (including phenoxy) is 6. The van der Waals surface area contributed by atoms with E-state index in [1.165, 1.54) is 0 Å². The summed E-state index contributed by atoms with van der Waals surface area (Å²) in [6.07, 6.45) is 3.00. The fourth-order valence-electron chi connectivity index (χ4n) is 6.88. The number of amides is 3. The van der Waals surface area contributed by atoms with Crippen LogP contribution in [0, 0.1) is 0 Å². The largest absolute Gasteiger partial charge is 0.444 e. The molecule has 0 bridgehead atoms. The summed E-state index contributed by atoms with van der Waals surface area (Å²) in [4.78, 5) is 44.3. The molecule has 6 saturated heterocycles. The number of aliphatic hydroxyl groups excluding tert-OH is 2. The Labute approximate surface area is 333 Å². The third kappa shape index (κ3) is 15.5. The molecule has 56 heavy (non-hydrogen) atoms. The van der Waals surface area contributed by atoms with Crippen LogP contribution in [0.1, 0.15) is 62.3 Å². The third-order valence-corrected chi connectivity index (χ3v) is 9.70. The zero-order valence-electron chi connectivity index (χ0n) is 35.2. The van der Waals surface area contributed by atoms with E-state index in [2.05, 4.69) is 15.1 Å². The second-order valence-corrected chi connectivity index (χ2v) is 18.1. The van der Waals surface area contributed by atoms with Crippen molar-refractivity contribution in [3.63, 3.8) is 0 Å². The summed E-state index contributed by atoms with van der Waals surface area (Å²) in [5, 5.41) is 22.9. The van der Waals surface area contributed by atoms with Gasteiger partial charge in [-0.05, 0) is 62.3 Å². The fourth-order valence-corrected chi connectivity index (χ4v) is 6.88. The van der Waals surface area contributed by atoms with Crippen LogP contribution in [0.15, 0.2) is 12.2 Å². The Morgan fingerprint density at radius 3 is 1.39 bits per heavy atom. The molecule has 322 valence electrons. The van der Waals surface area contributed by atoms with Gasteiger partial charge in [-0.25, -0.2) is 14.4 Å². The van der Waals surface area contributed by atoms with E-state index >= 15 is 0 Å². The van der Waals surface area contributed by atoms with Crippen molar-refractivity contribution in [2.24, 2.45) is 0 Å². The van der Waals surface area contributed by atoms with Crippen LogP contribution in [0.25, 0.3) is 0 Å². The Kier molecular flexibility index (Phi) is 16.6. The van der Waals surface area contributed by atoms with Crippen molar-refractivity contribution >= 4 is 18.3 Å². The first-order valence-corrected chi connectivity index (χ1v) is 20.1. The number of aliphatic hydroxyl groups is 2. The smallest absolute Gasteiger partial charge is 0.410 e. The molecule has 7 aliphatic rings. The number of β-amino-alcohol motifs (C(OH)–C–C–N with tert-alkyl or cyclic N) is 2. The van der Waals surface area contributed by atoms with Gasteiger partial charge in [0.1, 0.15) is 29.0 Å². The second-order valence-electron chi connectivity index (χ2n) is 18.1. The maximum absolute atomic E-state index is 12.0. The van der Waals surface area contributed by atoms with E-state index in [4.69, 9.17) is 28.4 Å². The molecule has 0 saturated carbocycles. The van der Waals surface area contributed by atoms with Crippen molar-refractivity contribution < 1.29 is 53.0 Å². The summed E-state index contributed by atoms with van der Waals surface area (Å²) < 4.78 is 31.5. The molecule has 3 amide bonds.